The highest BCUT2D eigenvalue weighted by Crippen LogP contribution is 2.28. The zero-order valence-corrected chi connectivity index (χ0v) is 8.95. The molecular formula is C10H11ClN2O2. The maximum Gasteiger partial charge on any atom is 0.262 e. The van der Waals surface area contributed by atoms with Crippen molar-refractivity contribution in [2.45, 2.75) is 12.6 Å². The predicted octanol–water partition coefficient (Wildman–Crippen LogP) is 1.33. The highest BCUT2D eigenvalue weighted by atomic mass is 35.5. The Bertz CT molecular complexity index is 393. The molecule has 1 aromatic carbocycles. The quantitative estimate of drug-likeness (QED) is 0.711. The highest BCUT2D eigenvalue weighted by molar-refractivity contribution is 6.30. The molecule has 1 aromatic rings. The van der Waals surface area contributed by atoms with Gasteiger partial charge in [-0.05, 0) is 24.6 Å². The number of benzene rings is 1. The Morgan fingerprint density at radius 2 is 2.07 bits per heavy atom. The Morgan fingerprint density at radius 3 is 2.53 bits per heavy atom. The summed E-state index contributed by atoms with van der Waals surface area (Å²) >= 11 is 5.77. The van der Waals surface area contributed by atoms with Gasteiger partial charge in [0.05, 0.1) is 6.54 Å². The number of hydrogen-bond acceptors (Lipinski definition) is 3. The monoisotopic (exact) mass is 226 g/mol. The molecule has 80 valence electrons. The van der Waals surface area contributed by atoms with E-state index in [-0.39, 0.29) is 12.5 Å². The Balaban J connectivity index is 2.38. The molecule has 0 spiro atoms. The van der Waals surface area contributed by atoms with Crippen LogP contribution in [0.5, 0.6) is 0 Å². The summed E-state index contributed by atoms with van der Waals surface area (Å²) in [6.45, 7) is 1.87. The summed E-state index contributed by atoms with van der Waals surface area (Å²) in [7, 11) is 0. The van der Waals surface area contributed by atoms with Crippen LogP contribution in [0.15, 0.2) is 24.3 Å². The molecule has 1 aliphatic rings. The van der Waals surface area contributed by atoms with Gasteiger partial charge in [-0.3, -0.25) is 15.3 Å². The summed E-state index contributed by atoms with van der Waals surface area (Å²) in [5.41, 5.74) is -0.0676. The number of hydrogen-bond donors (Lipinski definition) is 2. The van der Waals surface area contributed by atoms with E-state index in [1.807, 2.05) is 0 Å². The summed E-state index contributed by atoms with van der Waals surface area (Å²) in [6, 6.07) is 7.00. The lowest BCUT2D eigenvalue weighted by molar-refractivity contribution is -0.181. The third-order valence-electron chi connectivity index (χ3n) is 2.65. The maximum absolute atomic E-state index is 11.2. The average Bonchev–Trinajstić information content (AvgIpc) is 2.48. The zero-order valence-electron chi connectivity index (χ0n) is 8.20. The van der Waals surface area contributed by atoms with Crippen LogP contribution in [0.3, 0.4) is 0 Å². The molecule has 1 heterocycles. The van der Waals surface area contributed by atoms with Crippen molar-refractivity contribution >= 4 is 17.5 Å². The van der Waals surface area contributed by atoms with Crippen molar-refractivity contribution in [1.82, 2.24) is 10.4 Å². The van der Waals surface area contributed by atoms with Crippen LogP contribution in [0.25, 0.3) is 0 Å². The molecule has 1 aliphatic heterocycles. The lowest BCUT2D eigenvalue weighted by Crippen LogP contribution is -2.45. The Hall–Kier alpha value is -1.10. The molecule has 5 heteroatoms. The molecule has 1 fully saturated rings. The standard InChI is InChI=1S/C10H11ClN2O2/c1-10(12-6-9(14)13(10)15)7-2-4-8(11)5-3-7/h2-5,12,15H,6H2,1H3. The van der Waals surface area contributed by atoms with Crippen molar-refractivity contribution in [3.8, 4) is 0 Å². The van der Waals surface area contributed by atoms with Gasteiger partial charge in [0.15, 0.2) is 0 Å². The second kappa shape index (κ2) is 3.48. The van der Waals surface area contributed by atoms with Crippen LogP contribution >= 0.6 is 11.6 Å². The van der Waals surface area contributed by atoms with Crippen LogP contribution < -0.4 is 5.32 Å². The van der Waals surface area contributed by atoms with Gasteiger partial charge >= 0.3 is 0 Å². The van der Waals surface area contributed by atoms with E-state index in [0.29, 0.717) is 5.02 Å². The van der Waals surface area contributed by atoms with Crippen molar-refractivity contribution in [2.75, 3.05) is 6.54 Å². The largest absolute Gasteiger partial charge is 0.284 e. The van der Waals surface area contributed by atoms with Crippen molar-refractivity contribution in [2.24, 2.45) is 0 Å². The summed E-state index contributed by atoms with van der Waals surface area (Å²) in [6.07, 6.45) is 0. The van der Waals surface area contributed by atoms with Crippen LogP contribution in [0.4, 0.5) is 0 Å². The molecule has 0 aliphatic carbocycles. The molecule has 0 bridgehead atoms. The minimum Gasteiger partial charge on any atom is -0.284 e. The van der Waals surface area contributed by atoms with Crippen LogP contribution in [0, 0.1) is 0 Å². The second-order valence-corrected chi connectivity index (χ2v) is 4.07. The molecule has 0 radical (unpaired) electrons. The number of rotatable bonds is 1. The fourth-order valence-electron chi connectivity index (χ4n) is 1.65. The first-order valence-electron chi connectivity index (χ1n) is 4.57. The first-order chi connectivity index (χ1) is 7.04. The highest BCUT2D eigenvalue weighted by Gasteiger charge is 2.42. The average molecular weight is 227 g/mol. The Morgan fingerprint density at radius 1 is 1.47 bits per heavy atom. The van der Waals surface area contributed by atoms with Gasteiger partial charge in [0.2, 0.25) is 0 Å². The van der Waals surface area contributed by atoms with Gasteiger partial charge < -0.3 is 0 Å². The van der Waals surface area contributed by atoms with E-state index >= 15 is 0 Å². The lowest BCUT2D eigenvalue weighted by atomic mass is 10.0. The fraction of sp³-hybridized carbons (Fsp3) is 0.300. The summed E-state index contributed by atoms with van der Waals surface area (Å²) in [4.78, 5) is 11.2. The van der Waals surface area contributed by atoms with Gasteiger partial charge in [0, 0.05) is 5.02 Å². The molecule has 2 rings (SSSR count). The second-order valence-electron chi connectivity index (χ2n) is 3.64. The number of nitrogens with zero attached hydrogens (tertiary/aromatic N) is 1. The Labute approximate surface area is 92.4 Å². The van der Waals surface area contributed by atoms with Gasteiger partial charge in [-0.15, -0.1) is 0 Å². The summed E-state index contributed by atoms with van der Waals surface area (Å²) < 4.78 is 0. The van der Waals surface area contributed by atoms with Crippen LogP contribution in [-0.2, 0) is 10.5 Å². The number of halogens is 1. The molecule has 15 heavy (non-hydrogen) atoms. The lowest BCUT2D eigenvalue weighted by Gasteiger charge is -2.30. The number of carbonyl (C=O) groups is 1. The van der Waals surface area contributed by atoms with Crippen LogP contribution in [-0.4, -0.2) is 22.7 Å². The number of carbonyl (C=O) groups excluding carboxylic acids is 1. The topological polar surface area (TPSA) is 52.6 Å². The molecule has 2 N–H and O–H groups in total. The van der Waals surface area contributed by atoms with E-state index in [2.05, 4.69) is 5.32 Å². The van der Waals surface area contributed by atoms with E-state index in [4.69, 9.17) is 11.6 Å². The van der Waals surface area contributed by atoms with E-state index in [9.17, 15) is 10.0 Å². The van der Waals surface area contributed by atoms with E-state index in [1.54, 1.807) is 31.2 Å². The van der Waals surface area contributed by atoms with E-state index in [1.165, 1.54) is 0 Å². The third kappa shape index (κ3) is 1.61. The van der Waals surface area contributed by atoms with Crippen LogP contribution in [0.1, 0.15) is 12.5 Å². The van der Waals surface area contributed by atoms with E-state index < -0.39 is 5.66 Å². The van der Waals surface area contributed by atoms with Gasteiger partial charge in [-0.2, -0.15) is 5.06 Å². The van der Waals surface area contributed by atoms with Crippen molar-refractivity contribution in [3.05, 3.63) is 34.9 Å². The molecule has 1 amide bonds. The van der Waals surface area contributed by atoms with Gasteiger partial charge in [0.1, 0.15) is 5.66 Å². The Kier molecular flexibility index (Phi) is 2.42. The van der Waals surface area contributed by atoms with Gasteiger partial charge in [-0.1, -0.05) is 23.7 Å². The third-order valence-corrected chi connectivity index (χ3v) is 2.90. The smallest absolute Gasteiger partial charge is 0.262 e. The van der Waals surface area contributed by atoms with Crippen molar-refractivity contribution in [1.29, 1.82) is 0 Å². The minimum atomic E-state index is -0.859. The number of nitrogens with one attached hydrogen (secondary N) is 1. The normalized spacial score (nSPS) is 26.1. The van der Waals surface area contributed by atoms with Gasteiger partial charge in [0.25, 0.3) is 5.91 Å². The molecule has 1 atom stereocenters. The molecular weight excluding hydrogens is 216 g/mol. The SMILES string of the molecule is CC1(c2ccc(Cl)cc2)NCC(=O)N1O. The van der Waals surface area contributed by atoms with Gasteiger partial charge in [-0.25, -0.2) is 0 Å². The number of hydroxylamine groups is 2. The molecule has 0 aromatic heterocycles. The fourth-order valence-corrected chi connectivity index (χ4v) is 1.77. The predicted molar refractivity (Wildman–Crippen MR) is 55.4 cm³/mol. The molecule has 1 unspecified atom stereocenters. The molecule has 4 nitrogen and oxygen atoms in total. The van der Waals surface area contributed by atoms with Crippen LogP contribution in [0.2, 0.25) is 5.02 Å². The first-order valence-corrected chi connectivity index (χ1v) is 4.95. The summed E-state index contributed by atoms with van der Waals surface area (Å²) in [5, 5.41) is 13.9. The van der Waals surface area contributed by atoms with E-state index in [0.717, 1.165) is 10.6 Å². The maximum atomic E-state index is 11.2. The van der Waals surface area contributed by atoms with Crippen molar-refractivity contribution in [3.63, 3.8) is 0 Å². The first kappa shape index (κ1) is 10.4. The van der Waals surface area contributed by atoms with Crippen molar-refractivity contribution < 1.29 is 10.0 Å². The molecule has 0 saturated carbocycles. The minimum absolute atomic E-state index is 0.135. The summed E-state index contributed by atoms with van der Waals surface area (Å²) in [5.74, 6) is -0.340. The number of amides is 1. The molecule has 1 saturated heterocycles. The zero-order chi connectivity index (χ0) is 11.1.